The van der Waals surface area contributed by atoms with Crippen LogP contribution in [-0.4, -0.2) is 11.4 Å². The maximum absolute atomic E-state index is 12.2. The van der Waals surface area contributed by atoms with Crippen LogP contribution in [0.3, 0.4) is 0 Å². The van der Waals surface area contributed by atoms with Gasteiger partial charge in [-0.25, -0.2) is 0 Å². The number of rotatable bonds is 2. The van der Waals surface area contributed by atoms with Crippen molar-refractivity contribution >= 4 is 28.5 Å². The third kappa shape index (κ3) is 2.83. The molecule has 1 aromatic carbocycles. The topological polar surface area (TPSA) is 52.9 Å². The molecule has 0 unspecified atom stereocenters. The summed E-state index contributed by atoms with van der Waals surface area (Å²) in [5, 5.41) is 12.3. The fourth-order valence-corrected chi connectivity index (χ4v) is 2.98. The first-order chi connectivity index (χ1) is 8.67. The highest BCUT2D eigenvalue weighted by atomic mass is 127. The third-order valence-electron chi connectivity index (χ3n) is 3.39. The van der Waals surface area contributed by atoms with Crippen molar-refractivity contribution in [1.82, 2.24) is 5.32 Å². The van der Waals surface area contributed by atoms with Gasteiger partial charge in [-0.1, -0.05) is 31.4 Å². The molecular weight excluding hydrogens is 339 g/mol. The Morgan fingerprint density at radius 2 is 1.94 bits per heavy atom. The number of nitriles is 1. The fraction of sp³-hybridized carbons (Fsp3) is 0.429. The molecule has 0 atom stereocenters. The van der Waals surface area contributed by atoms with E-state index < -0.39 is 5.54 Å². The van der Waals surface area contributed by atoms with Gasteiger partial charge < -0.3 is 5.32 Å². The number of carbonyl (C=O) groups excluding carboxylic acids is 1. The SMILES string of the molecule is N#CC1(NC(=O)c2ccccc2I)CCCCC1. The number of nitrogens with zero attached hydrogens (tertiary/aromatic N) is 1. The molecule has 0 saturated heterocycles. The monoisotopic (exact) mass is 354 g/mol. The Hall–Kier alpha value is -1.09. The number of halogens is 1. The average molecular weight is 354 g/mol. The van der Waals surface area contributed by atoms with Crippen LogP contribution in [0.4, 0.5) is 0 Å². The molecule has 0 aromatic heterocycles. The molecule has 0 spiro atoms. The molecule has 1 aromatic rings. The molecule has 0 radical (unpaired) electrons. The van der Waals surface area contributed by atoms with Crippen LogP contribution in [0.15, 0.2) is 24.3 Å². The van der Waals surface area contributed by atoms with Crippen LogP contribution in [0.25, 0.3) is 0 Å². The second kappa shape index (κ2) is 5.70. The maximum Gasteiger partial charge on any atom is 0.253 e. The molecule has 1 fully saturated rings. The Kier molecular flexibility index (Phi) is 4.23. The lowest BCUT2D eigenvalue weighted by Crippen LogP contribution is -2.48. The zero-order valence-corrected chi connectivity index (χ0v) is 12.2. The molecule has 1 N–H and O–H groups in total. The smallest absolute Gasteiger partial charge is 0.253 e. The molecule has 3 nitrogen and oxygen atoms in total. The normalized spacial score (nSPS) is 17.8. The van der Waals surface area contributed by atoms with E-state index in [0.29, 0.717) is 5.56 Å². The largest absolute Gasteiger partial charge is 0.334 e. The summed E-state index contributed by atoms with van der Waals surface area (Å²) >= 11 is 2.14. The zero-order valence-electron chi connectivity index (χ0n) is 10.1. The molecule has 0 heterocycles. The molecule has 4 heteroatoms. The Morgan fingerprint density at radius 3 is 2.56 bits per heavy atom. The van der Waals surface area contributed by atoms with E-state index in [1.165, 1.54) is 0 Å². The minimum absolute atomic E-state index is 0.136. The molecule has 1 aliphatic rings. The molecular formula is C14H15IN2O. The Morgan fingerprint density at radius 1 is 1.28 bits per heavy atom. The third-order valence-corrected chi connectivity index (χ3v) is 4.33. The van der Waals surface area contributed by atoms with E-state index in [-0.39, 0.29) is 5.91 Å². The lowest BCUT2D eigenvalue weighted by atomic mass is 9.82. The first-order valence-electron chi connectivity index (χ1n) is 6.15. The molecule has 94 valence electrons. The Bertz CT molecular complexity index is 487. The van der Waals surface area contributed by atoms with Gasteiger partial charge in [-0.3, -0.25) is 4.79 Å². The second-order valence-electron chi connectivity index (χ2n) is 4.69. The highest BCUT2D eigenvalue weighted by Crippen LogP contribution is 2.28. The highest BCUT2D eigenvalue weighted by molar-refractivity contribution is 14.1. The van der Waals surface area contributed by atoms with E-state index in [2.05, 4.69) is 34.0 Å². The van der Waals surface area contributed by atoms with Gasteiger partial charge in [0.25, 0.3) is 5.91 Å². The molecule has 2 rings (SSSR count). The van der Waals surface area contributed by atoms with Crippen molar-refractivity contribution in [3.05, 3.63) is 33.4 Å². The summed E-state index contributed by atoms with van der Waals surface area (Å²) in [4.78, 5) is 12.2. The van der Waals surface area contributed by atoms with Gasteiger partial charge in [0.2, 0.25) is 0 Å². The molecule has 0 bridgehead atoms. The summed E-state index contributed by atoms with van der Waals surface area (Å²) in [6, 6.07) is 9.74. The van der Waals surface area contributed by atoms with E-state index in [0.717, 1.165) is 35.7 Å². The first kappa shape index (κ1) is 13.3. The molecule has 1 amide bonds. The van der Waals surface area contributed by atoms with Crippen molar-refractivity contribution in [2.45, 2.75) is 37.6 Å². The van der Waals surface area contributed by atoms with Crippen LogP contribution in [-0.2, 0) is 0 Å². The lowest BCUT2D eigenvalue weighted by molar-refractivity contribution is 0.0902. The lowest BCUT2D eigenvalue weighted by Gasteiger charge is -2.31. The van der Waals surface area contributed by atoms with Gasteiger partial charge in [-0.05, 0) is 47.6 Å². The van der Waals surface area contributed by atoms with Crippen molar-refractivity contribution in [1.29, 1.82) is 5.26 Å². The summed E-state index contributed by atoms with van der Waals surface area (Å²) in [5.41, 5.74) is -0.00728. The van der Waals surface area contributed by atoms with Crippen molar-refractivity contribution in [2.24, 2.45) is 0 Å². The van der Waals surface area contributed by atoms with Gasteiger partial charge in [-0.2, -0.15) is 5.26 Å². The number of benzene rings is 1. The minimum Gasteiger partial charge on any atom is -0.334 e. The van der Waals surface area contributed by atoms with Crippen molar-refractivity contribution in [3.8, 4) is 6.07 Å². The van der Waals surface area contributed by atoms with Crippen LogP contribution >= 0.6 is 22.6 Å². The molecule has 18 heavy (non-hydrogen) atoms. The van der Waals surface area contributed by atoms with E-state index in [4.69, 9.17) is 0 Å². The first-order valence-corrected chi connectivity index (χ1v) is 7.23. The predicted molar refractivity (Wildman–Crippen MR) is 78.1 cm³/mol. The van der Waals surface area contributed by atoms with Crippen molar-refractivity contribution in [2.75, 3.05) is 0 Å². The van der Waals surface area contributed by atoms with Crippen LogP contribution in [0, 0.1) is 14.9 Å². The average Bonchev–Trinajstić information content (AvgIpc) is 2.40. The van der Waals surface area contributed by atoms with Gasteiger partial charge in [-0.15, -0.1) is 0 Å². The summed E-state index contributed by atoms with van der Waals surface area (Å²) in [6.07, 6.45) is 4.71. The number of hydrogen-bond acceptors (Lipinski definition) is 2. The fourth-order valence-electron chi connectivity index (χ4n) is 2.35. The van der Waals surface area contributed by atoms with Crippen molar-refractivity contribution in [3.63, 3.8) is 0 Å². The van der Waals surface area contributed by atoms with E-state index in [1.807, 2.05) is 18.2 Å². The quantitative estimate of drug-likeness (QED) is 0.829. The molecule has 1 saturated carbocycles. The maximum atomic E-state index is 12.2. The predicted octanol–water partition coefficient (Wildman–Crippen LogP) is 3.25. The van der Waals surface area contributed by atoms with Crippen LogP contribution < -0.4 is 5.32 Å². The number of nitrogens with one attached hydrogen (secondary N) is 1. The van der Waals surface area contributed by atoms with E-state index in [1.54, 1.807) is 6.07 Å². The Labute approximate surface area is 121 Å². The van der Waals surface area contributed by atoms with E-state index >= 15 is 0 Å². The summed E-state index contributed by atoms with van der Waals surface area (Å²) < 4.78 is 0.913. The standard InChI is InChI=1S/C14H15IN2O/c15-12-7-3-2-6-11(12)13(18)17-14(10-16)8-4-1-5-9-14/h2-3,6-7H,1,4-5,8-9H2,(H,17,18). The van der Waals surface area contributed by atoms with Gasteiger partial charge in [0.15, 0.2) is 0 Å². The van der Waals surface area contributed by atoms with Crippen LogP contribution in [0.1, 0.15) is 42.5 Å². The van der Waals surface area contributed by atoms with Crippen LogP contribution in [0.2, 0.25) is 0 Å². The molecule has 0 aliphatic heterocycles. The van der Waals surface area contributed by atoms with E-state index in [9.17, 15) is 10.1 Å². The summed E-state index contributed by atoms with van der Waals surface area (Å²) in [6.45, 7) is 0. The van der Waals surface area contributed by atoms with Crippen LogP contribution in [0.5, 0.6) is 0 Å². The van der Waals surface area contributed by atoms with Gasteiger partial charge in [0.1, 0.15) is 5.54 Å². The zero-order chi connectivity index (χ0) is 13.0. The number of carbonyl (C=O) groups is 1. The minimum atomic E-state index is -0.658. The highest BCUT2D eigenvalue weighted by Gasteiger charge is 2.34. The van der Waals surface area contributed by atoms with Gasteiger partial charge >= 0.3 is 0 Å². The Balaban J connectivity index is 2.16. The summed E-state index contributed by atoms with van der Waals surface area (Å²) in [5.74, 6) is -0.136. The van der Waals surface area contributed by atoms with Gasteiger partial charge in [0, 0.05) is 3.57 Å². The molecule has 1 aliphatic carbocycles. The van der Waals surface area contributed by atoms with Crippen molar-refractivity contribution < 1.29 is 4.79 Å². The summed E-state index contributed by atoms with van der Waals surface area (Å²) in [7, 11) is 0. The second-order valence-corrected chi connectivity index (χ2v) is 5.85. The number of amides is 1. The number of hydrogen-bond donors (Lipinski definition) is 1. The van der Waals surface area contributed by atoms with Gasteiger partial charge in [0.05, 0.1) is 11.6 Å².